The van der Waals surface area contributed by atoms with Gasteiger partial charge in [-0.05, 0) is 45.2 Å². The van der Waals surface area contributed by atoms with E-state index in [-0.39, 0.29) is 0 Å². The molecule has 0 amide bonds. The molecule has 1 rings (SSSR count). The van der Waals surface area contributed by atoms with Gasteiger partial charge in [0.25, 0.3) is 0 Å². The van der Waals surface area contributed by atoms with Crippen LogP contribution in [0, 0.1) is 11.8 Å². The summed E-state index contributed by atoms with van der Waals surface area (Å²) in [6.07, 6.45) is 4.37. The minimum absolute atomic E-state index is 0.671. The van der Waals surface area contributed by atoms with Crippen molar-refractivity contribution < 1.29 is 0 Å². The van der Waals surface area contributed by atoms with Crippen molar-refractivity contribution in [2.75, 3.05) is 26.7 Å². The molecule has 0 heterocycles. The molecular formula is C13H28N2. The van der Waals surface area contributed by atoms with Crippen molar-refractivity contribution in [3.05, 3.63) is 0 Å². The average molecular weight is 212 g/mol. The summed E-state index contributed by atoms with van der Waals surface area (Å²) in [4.78, 5) is 2.51. The van der Waals surface area contributed by atoms with Gasteiger partial charge in [-0.3, -0.25) is 0 Å². The maximum Gasteiger partial charge on any atom is 0.0189 e. The maximum absolute atomic E-state index is 3.53. The third-order valence-corrected chi connectivity index (χ3v) is 3.52. The van der Waals surface area contributed by atoms with Gasteiger partial charge in [0.2, 0.25) is 0 Å². The van der Waals surface area contributed by atoms with Crippen molar-refractivity contribution in [3.8, 4) is 0 Å². The number of rotatable bonds is 7. The van der Waals surface area contributed by atoms with Crippen molar-refractivity contribution in [1.29, 1.82) is 0 Å². The number of hydrogen-bond acceptors (Lipinski definition) is 2. The van der Waals surface area contributed by atoms with Crippen LogP contribution in [0.4, 0.5) is 0 Å². The van der Waals surface area contributed by atoms with Crippen molar-refractivity contribution in [3.63, 3.8) is 0 Å². The van der Waals surface area contributed by atoms with Gasteiger partial charge in [-0.2, -0.15) is 0 Å². The smallest absolute Gasteiger partial charge is 0.0189 e. The molecule has 0 aliphatic heterocycles. The predicted octanol–water partition coefficient (Wildman–Crippen LogP) is 2.35. The van der Waals surface area contributed by atoms with E-state index in [1.165, 1.54) is 25.8 Å². The van der Waals surface area contributed by atoms with Crippen LogP contribution >= 0.6 is 0 Å². The van der Waals surface area contributed by atoms with Crippen molar-refractivity contribution in [2.24, 2.45) is 11.8 Å². The van der Waals surface area contributed by atoms with Crippen LogP contribution in [0.25, 0.3) is 0 Å². The van der Waals surface area contributed by atoms with E-state index >= 15 is 0 Å². The summed E-state index contributed by atoms with van der Waals surface area (Å²) in [5.74, 6) is 1.75. The van der Waals surface area contributed by atoms with E-state index in [1.807, 2.05) is 0 Å². The molecule has 2 nitrogen and oxygen atoms in total. The fraction of sp³-hybridized carbons (Fsp3) is 1.00. The Bertz CT molecular complexity index is 164. The van der Waals surface area contributed by atoms with Gasteiger partial charge in [0.15, 0.2) is 0 Å². The van der Waals surface area contributed by atoms with E-state index < -0.39 is 0 Å². The molecule has 1 saturated carbocycles. The summed E-state index contributed by atoms with van der Waals surface area (Å²) in [5.41, 5.74) is 0. The number of nitrogens with one attached hydrogen (secondary N) is 1. The second kappa shape index (κ2) is 6.49. The molecule has 90 valence electrons. The van der Waals surface area contributed by atoms with Crippen molar-refractivity contribution in [2.45, 2.75) is 46.1 Å². The second-order valence-corrected chi connectivity index (χ2v) is 5.64. The van der Waals surface area contributed by atoms with E-state index in [4.69, 9.17) is 0 Å². The summed E-state index contributed by atoms with van der Waals surface area (Å²) in [6.45, 7) is 10.4. The molecule has 1 atom stereocenters. The van der Waals surface area contributed by atoms with Gasteiger partial charge >= 0.3 is 0 Å². The van der Waals surface area contributed by atoms with Crippen LogP contribution in [0.3, 0.4) is 0 Å². The van der Waals surface area contributed by atoms with Gasteiger partial charge in [-0.25, -0.2) is 0 Å². The third kappa shape index (κ3) is 4.98. The van der Waals surface area contributed by atoms with Crippen molar-refractivity contribution in [1.82, 2.24) is 10.2 Å². The Morgan fingerprint density at radius 1 is 1.20 bits per heavy atom. The van der Waals surface area contributed by atoms with Gasteiger partial charge in [-0.1, -0.05) is 20.3 Å². The zero-order chi connectivity index (χ0) is 11.3. The lowest BCUT2D eigenvalue weighted by atomic mass is 9.85. The van der Waals surface area contributed by atoms with E-state index in [0.717, 1.165) is 24.9 Å². The molecule has 2 heteroatoms. The maximum atomic E-state index is 3.53. The van der Waals surface area contributed by atoms with Crippen LogP contribution in [0.1, 0.15) is 40.0 Å². The fourth-order valence-electron chi connectivity index (χ4n) is 2.00. The lowest BCUT2D eigenvalue weighted by molar-refractivity contribution is 0.167. The topological polar surface area (TPSA) is 15.3 Å². The van der Waals surface area contributed by atoms with Crippen LogP contribution in [0.5, 0.6) is 0 Å². The first-order valence-electron chi connectivity index (χ1n) is 6.50. The molecule has 0 aromatic carbocycles. The number of nitrogens with zero attached hydrogens (tertiary/aromatic N) is 1. The summed E-state index contributed by atoms with van der Waals surface area (Å²) in [5, 5.41) is 3.53. The normalized spacial score (nSPS) is 19.6. The Labute approximate surface area is 95.4 Å². The minimum Gasteiger partial charge on any atom is -0.315 e. The first kappa shape index (κ1) is 13.0. The highest BCUT2D eigenvalue weighted by atomic mass is 15.1. The highest BCUT2D eigenvalue weighted by Gasteiger charge is 2.20. The average Bonchev–Trinajstić information content (AvgIpc) is 2.10. The van der Waals surface area contributed by atoms with Crippen molar-refractivity contribution >= 4 is 0 Å². The Hall–Kier alpha value is -0.0800. The van der Waals surface area contributed by atoms with Gasteiger partial charge in [-0.15, -0.1) is 0 Å². The molecular weight excluding hydrogens is 184 g/mol. The molecule has 1 unspecified atom stereocenters. The van der Waals surface area contributed by atoms with E-state index in [1.54, 1.807) is 0 Å². The quantitative estimate of drug-likeness (QED) is 0.697. The zero-order valence-corrected chi connectivity index (χ0v) is 10.9. The third-order valence-electron chi connectivity index (χ3n) is 3.52. The van der Waals surface area contributed by atoms with E-state index in [9.17, 15) is 0 Å². The first-order chi connectivity index (χ1) is 7.09. The van der Waals surface area contributed by atoms with Crippen LogP contribution < -0.4 is 5.32 Å². The predicted molar refractivity (Wildman–Crippen MR) is 67.1 cm³/mol. The second-order valence-electron chi connectivity index (χ2n) is 5.64. The Kier molecular flexibility index (Phi) is 5.62. The lowest BCUT2D eigenvalue weighted by Crippen LogP contribution is -2.42. The molecule has 1 N–H and O–H groups in total. The fourth-order valence-corrected chi connectivity index (χ4v) is 2.00. The summed E-state index contributed by atoms with van der Waals surface area (Å²) in [7, 11) is 2.26. The molecule has 1 aliphatic rings. The summed E-state index contributed by atoms with van der Waals surface area (Å²) in [6, 6.07) is 0.671. The molecule has 15 heavy (non-hydrogen) atoms. The standard InChI is InChI=1S/C13H28N2/c1-11(2)8-14-9-12(3)15(4)10-13-6-5-7-13/h11-14H,5-10H2,1-4H3. The molecule has 1 aliphatic carbocycles. The van der Waals surface area contributed by atoms with E-state index in [2.05, 4.69) is 38.0 Å². The molecule has 0 aromatic rings. The Morgan fingerprint density at radius 2 is 1.87 bits per heavy atom. The highest BCUT2D eigenvalue weighted by Crippen LogP contribution is 2.27. The molecule has 0 saturated heterocycles. The van der Waals surface area contributed by atoms with Crippen LogP contribution in [0.15, 0.2) is 0 Å². The monoisotopic (exact) mass is 212 g/mol. The number of likely N-dealkylation sites (N-methyl/N-ethyl adjacent to an activating group) is 1. The van der Waals surface area contributed by atoms with Gasteiger partial charge in [0, 0.05) is 19.1 Å². The molecule has 0 bridgehead atoms. The molecule has 0 spiro atoms. The van der Waals surface area contributed by atoms with Gasteiger partial charge in [0.05, 0.1) is 0 Å². The number of hydrogen-bond donors (Lipinski definition) is 1. The minimum atomic E-state index is 0.671. The summed E-state index contributed by atoms with van der Waals surface area (Å²) < 4.78 is 0. The molecule has 0 aromatic heterocycles. The molecule has 1 fully saturated rings. The van der Waals surface area contributed by atoms with Crippen LogP contribution in [-0.4, -0.2) is 37.6 Å². The lowest BCUT2D eigenvalue weighted by Gasteiger charge is -2.33. The Balaban J connectivity index is 2.06. The highest BCUT2D eigenvalue weighted by molar-refractivity contribution is 4.75. The van der Waals surface area contributed by atoms with Gasteiger partial charge < -0.3 is 10.2 Å². The SMILES string of the molecule is CC(C)CNCC(C)N(C)CC1CCC1. The summed E-state index contributed by atoms with van der Waals surface area (Å²) >= 11 is 0. The molecule has 0 radical (unpaired) electrons. The Morgan fingerprint density at radius 3 is 2.33 bits per heavy atom. The van der Waals surface area contributed by atoms with Gasteiger partial charge in [0.1, 0.15) is 0 Å². The largest absolute Gasteiger partial charge is 0.315 e. The zero-order valence-electron chi connectivity index (χ0n) is 10.9. The van der Waals surface area contributed by atoms with Crippen LogP contribution in [-0.2, 0) is 0 Å². The van der Waals surface area contributed by atoms with E-state index in [0.29, 0.717) is 6.04 Å². The van der Waals surface area contributed by atoms with Crippen LogP contribution in [0.2, 0.25) is 0 Å². The first-order valence-corrected chi connectivity index (χ1v) is 6.50.